The van der Waals surface area contributed by atoms with Gasteiger partial charge in [0.2, 0.25) is 0 Å². The van der Waals surface area contributed by atoms with Crippen LogP contribution in [-0.4, -0.2) is 53.6 Å². The zero-order chi connectivity index (χ0) is 22.4. The van der Waals surface area contributed by atoms with Crippen molar-refractivity contribution in [1.82, 2.24) is 20.2 Å². The molecule has 0 fully saturated rings. The van der Waals surface area contributed by atoms with Gasteiger partial charge in [-0.3, -0.25) is 4.79 Å². The molecule has 0 bridgehead atoms. The lowest BCUT2D eigenvalue weighted by Crippen LogP contribution is -2.29. The molecule has 1 heterocycles. The molecule has 2 N–H and O–H groups in total. The van der Waals surface area contributed by atoms with E-state index in [1.165, 1.54) is 0 Å². The summed E-state index contributed by atoms with van der Waals surface area (Å²) in [5.74, 6) is 1.21. The maximum Gasteiger partial charge on any atom is 0.251 e. The Labute approximate surface area is 189 Å². The number of hydrogen-bond acceptors (Lipinski definition) is 4. The number of aromatic amines is 1. The van der Waals surface area contributed by atoms with Crippen LogP contribution in [0.1, 0.15) is 43.1 Å². The number of H-pyrrole nitrogens is 1. The van der Waals surface area contributed by atoms with E-state index in [2.05, 4.69) is 34.0 Å². The molecule has 0 atom stereocenters. The number of rotatable bonds is 10. The maximum atomic E-state index is 12.6. The summed E-state index contributed by atoms with van der Waals surface area (Å²) >= 11 is 6.24. The molecule has 0 aliphatic carbocycles. The minimum absolute atomic E-state index is 0.0981. The number of amides is 1. The van der Waals surface area contributed by atoms with Gasteiger partial charge < -0.3 is 19.9 Å². The molecule has 0 unspecified atom stereocenters. The van der Waals surface area contributed by atoms with Gasteiger partial charge in [-0.25, -0.2) is 4.98 Å². The van der Waals surface area contributed by atoms with E-state index in [9.17, 15) is 4.79 Å². The molecule has 7 heteroatoms. The average Bonchev–Trinajstić information content (AvgIpc) is 3.16. The number of aromatic nitrogens is 2. The van der Waals surface area contributed by atoms with Crippen LogP contribution >= 0.6 is 11.6 Å². The van der Waals surface area contributed by atoms with Crippen LogP contribution in [0.5, 0.6) is 5.75 Å². The smallest absolute Gasteiger partial charge is 0.251 e. The number of nitrogens with one attached hydrogen (secondary N) is 2. The molecule has 0 aliphatic rings. The van der Waals surface area contributed by atoms with Gasteiger partial charge in [-0.05, 0) is 75.8 Å². The molecule has 1 amide bonds. The first kappa shape index (κ1) is 23.1. The Kier molecular flexibility index (Phi) is 7.93. The first-order chi connectivity index (χ1) is 15.0. The molecular weight excluding hydrogens is 412 g/mol. The highest BCUT2D eigenvalue weighted by molar-refractivity contribution is 6.32. The van der Waals surface area contributed by atoms with Gasteiger partial charge in [0.1, 0.15) is 11.6 Å². The highest BCUT2D eigenvalue weighted by Crippen LogP contribution is 2.32. The van der Waals surface area contributed by atoms with E-state index >= 15 is 0 Å². The van der Waals surface area contributed by atoms with Crippen LogP contribution in [-0.2, 0) is 0 Å². The monoisotopic (exact) mass is 442 g/mol. The highest BCUT2D eigenvalue weighted by atomic mass is 35.5. The Bertz CT molecular complexity index is 1000. The predicted molar refractivity (Wildman–Crippen MR) is 127 cm³/mol. The topological polar surface area (TPSA) is 70.2 Å². The fourth-order valence-corrected chi connectivity index (χ4v) is 3.71. The van der Waals surface area contributed by atoms with Crippen LogP contribution in [0.2, 0.25) is 5.02 Å². The van der Waals surface area contributed by atoms with Crippen molar-refractivity contribution < 1.29 is 9.53 Å². The Balaban J connectivity index is 1.77. The molecule has 6 nitrogen and oxygen atoms in total. The summed E-state index contributed by atoms with van der Waals surface area (Å²) in [5.41, 5.74) is 4.08. The van der Waals surface area contributed by atoms with Gasteiger partial charge >= 0.3 is 0 Å². The molecule has 31 heavy (non-hydrogen) atoms. The van der Waals surface area contributed by atoms with E-state index in [1.54, 1.807) is 6.07 Å². The SMILES string of the molecule is CCOc1cc(C(=O)NCCCN(CC)CC)ccc1-c1nc2cc(Cl)c(C)cc2[nH]1. The van der Waals surface area contributed by atoms with E-state index in [-0.39, 0.29) is 5.91 Å². The van der Waals surface area contributed by atoms with Crippen molar-refractivity contribution >= 4 is 28.5 Å². The molecule has 3 rings (SSSR count). The van der Waals surface area contributed by atoms with Crippen LogP contribution in [0, 0.1) is 6.92 Å². The fraction of sp³-hybridized carbons (Fsp3) is 0.417. The lowest BCUT2D eigenvalue weighted by atomic mass is 10.1. The lowest BCUT2D eigenvalue weighted by molar-refractivity contribution is 0.0951. The molecule has 0 spiro atoms. The van der Waals surface area contributed by atoms with Crippen molar-refractivity contribution in [1.29, 1.82) is 0 Å². The van der Waals surface area contributed by atoms with E-state index in [0.29, 0.717) is 35.3 Å². The minimum atomic E-state index is -0.0981. The molecule has 0 saturated carbocycles. The van der Waals surface area contributed by atoms with Crippen molar-refractivity contribution in [3.8, 4) is 17.1 Å². The van der Waals surface area contributed by atoms with E-state index < -0.39 is 0 Å². The zero-order valence-electron chi connectivity index (χ0n) is 18.7. The summed E-state index contributed by atoms with van der Waals surface area (Å²) in [6.45, 7) is 12.3. The van der Waals surface area contributed by atoms with Gasteiger partial charge in [-0.2, -0.15) is 0 Å². The number of imidazole rings is 1. The lowest BCUT2D eigenvalue weighted by Gasteiger charge is -2.17. The maximum absolute atomic E-state index is 12.6. The van der Waals surface area contributed by atoms with Gasteiger partial charge in [0.25, 0.3) is 5.91 Å². The number of benzene rings is 2. The number of carbonyl (C=O) groups excluding carboxylic acids is 1. The number of ether oxygens (including phenoxy) is 1. The Morgan fingerprint density at radius 3 is 2.68 bits per heavy atom. The van der Waals surface area contributed by atoms with Crippen molar-refractivity contribution in [2.75, 3.05) is 32.8 Å². The normalized spacial score (nSPS) is 11.3. The third kappa shape index (κ3) is 5.57. The molecule has 0 radical (unpaired) electrons. The molecular formula is C24H31ClN4O2. The molecule has 0 aliphatic heterocycles. The molecule has 2 aromatic carbocycles. The number of aryl methyl sites for hydroxylation is 1. The standard InChI is InChI=1S/C24H31ClN4O2/c1-5-29(6-2)12-8-11-26-24(30)17-9-10-18(22(14-17)31-7-3)23-27-20-13-16(4)19(25)15-21(20)28-23/h9-10,13-15H,5-8,11-12H2,1-4H3,(H,26,30)(H,27,28). The van der Waals surface area contributed by atoms with Gasteiger partial charge in [0.05, 0.1) is 23.2 Å². The van der Waals surface area contributed by atoms with Crippen LogP contribution in [0.4, 0.5) is 0 Å². The number of halogens is 1. The molecule has 166 valence electrons. The predicted octanol–water partition coefficient (Wildman–Crippen LogP) is 5.05. The summed E-state index contributed by atoms with van der Waals surface area (Å²) in [5, 5.41) is 3.69. The Morgan fingerprint density at radius 1 is 1.19 bits per heavy atom. The highest BCUT2D eigenvalue weighted by Gasteiger charge is 2.15. The van der Waals surface area contributed by atoms with E-state index in [4.69, 9.17) is 16.3 Å². The second-order valence-corrected chi connectivity index (χ2v) is 7.89. The second-order valence-electron chi connectivity index (χ2n) is 7.48. The number of nitrogens with zero attached hydrogens (tertiary/aromatic N) is 2. The molecule has 1 aromatic heterocycles. The summed E-state index contributed by atoms with van der Waals surface area (Å²) < 4.78 is 5.84. The largest absolute Gasteiger partial charge is 0.493 e. The average molecular weight is 443 g/mol. The van der Waals surface area contributed by atoms with Crippen molar-refractivity contribution in [3.05, 3.63) is 46.5 Å². The van der Waals surface area contributed by atoms with Gasteiger partial charge in [0, 0.05) is 17.1 Å². The van der Waals surface area contributed by atoms with Crippen LogP contribution in [0.3, 0.4) is 0 Å². The van der Waals surface area contributed by atoms with Crippen LogP contribution in [0.25, 0.3) is 22.4 Å². The quantitative estimate of drug-likeness (QED) is 0.431. The zero-order valence-corrected chi connectivity index (χ0v) is 19.5. The van der Waals surface area contributed by atoms with Crippen molar-refractivity contribution in [2.45, 2.75) is 34.1 Å². The van der Waals surface area contributed by atoms with Gasteiger partial charge in [-0.1, -0.05) is 25.4 Å². The second kappa shape index (κ2) is 10.6. The summed E-state index contributed by atoms with van der Waals surface area (Å²) in [4.78, 5) is 23.0. The van der Waals surface area contributed by atoms with E-state index in [1.807, 2.05) is 38.1 Å². The Hall–Kier alpha value is -2.57. The number of carbonyl (C=O) groups is 1. The van der Waals surface area contributed by atoms with Gasteiger partial charge in [-0.15, -0.1) is 0 Å². The summed E-state index contributed by atoms with van der Waals surface area (Å²) in [6.07, 6.45) is 0.921. The summed E-state index contributed by atoms with van der Waals surface area (Å²) in [6, 6.07) is 9.30. The van der Waals surface area contributed by atoms with Gasteiger partial charge in [0.15, 0.2) is 0 Å². The Morgan fingerprint density at radius 2 is 1.97 bits per heavy atom. The fourth-order valence-electron chi connectivity index (χ4n) is 3.55. The van der Waals surface area contributed by atoms with Crippen molar-refractivity contribution in [3.63, 3.8) is 0 Å². The van der Waals surface area contributed by atoms with Crippen LogP contribution < -0.4 is 10.1 Å². The first-order valence-corrected chi connectivity index (χ1v) is 11.3. The number of fused-ring (bicyclic) bond motifs is 1. The third-order valence-corrected chi connectivity index (χ3v) is 5.80. The first-order valence-electron chi connectivity index (χ1n) is 10.9. The minimum Gasteiger partial charge on any atom is -0.493 e. The van der Waals surface area contributed by atoms with E-state index in [0.717, 1.165) is 48.2 Å². The summed E-state index contributed by atoms with van der Waals surface area (Å²) in [7, 11) is 0. The van der Waals surface area contributed by atoms with Crippen molar-refractivity contribution in [2.24, 2.45) is 0 Å². The molecule has 3 aromatic rings. The van der Waals surface area contributed by atoms with Crippen LogP contribution in [0.15, 0.2) is 30.3 Å². The molecule has 0 saturated heterocycles. The third-order valence-electron chi connectivity index (χ3n) is 5.39. The number of hydrogen-bond donors (Lipinski definition) is 2.